The molecule has 1 aromatic heterocycles. The molecule has 8 nitrogen and oxygen atoms in total. The molecule has 0 saturated heterocycles. The van der Waals surface area contributed by atoms with Gasteiger partial charge in [0, 0.05) is 31.0 Å². The number of carbonyl (C=O) groups is 2. The summed E-state index contributed by atoms with van der Waals surface area (Å²) in [7, 11) is -3.64. The first-order chi connectivity index (χ1) is 17.8. The number of nitrogens with one attached hydrogen (secondary N) is 2. The van der Waals surface area contributed by atoms with Gasteiger partial charge >= 0.3 is 6.18 Å². The second-order valence-corrected chi connectivity index (χ2v) is 10.3. The van der Waals surface area contributed by atoms with E-state index < -0.39 is 33.0 Å². The molecule has 0 radical (unpaired) electrons. The summed E-state index contributed by atoms with van der Waals surface area (Å²) in [5.74, 6) is -1.39. The second kappa shape index (κ2) is 11.5. The van der Waals surface area contributed by atoms with Gasteiger partial charge in [0.1, 0.15) is 5.56 Å². The van der Waals surface area contributed by atoms with Gasteiger partial charge in [0.25, 0.3) is 11.5 Å². The molecule has 200 valence electrons. The minimum atomic E-state index is -4.60. The Bertz CT molecular complexity index is 1540. The molecular weight excluding hydrogens is 523 g/mol. The van der Waals surface area contributed by atoms with E-state index in [4.69, 9.17) is 0 Å². The molecular formula is C26H24F3N3O5S. The minimum absolute atomic E-state index is 0.0271. The number of amides is 2. The first-order valence-corrected chi connectivity index (χ1v) is 12.9. The van der Waals surface area contributed by atoms with Crippen LogP contribution in [0.3, 0.4) is 0 Å². The number of benzene rings is 2. The number of pyridine rings is 1. The largest absolute Gasteiger partial charge is 0.416 e. The number of aryl methyl sites for hydroxylation is 1. The van der Waals surface area contributed by atoms with Gasteiger partial charge in [0.2, 0.25) is 5.91 Å². The van der Waals surface area contributed by atoms with Crippen molar-refractivity contribution < 1.29 is 31.2 Å². The summed E-state index contributed by atoms with van der Waals surface area (Å²) in [6.07, 6.45) is -2.05. The molecule has 0 saturated carbocycles. The molecule has 0 aliphatic carbocycles. The van der Waals surface area contributed by atoms with E-state index in [0.717, 1.165) is 16.7 Å². The molecule has 12 heteroatoms. The van der Waals surface area contributed by atoms with E-state index in [1.165, 1.54) is 74.7 Å². The second-order valence-electron chi connectivity index (χ2n) is 8.29. The number of sulfone groups is 1. The van der Waals surface area contributed by atoms with E-state index in [-0.39, 0.29) is 34.4 Å². The lowest BCUT2D eigenvalue weighted by Crippen LogP contribution is -2.33. The van der Waals surface area contributed by atoms with E-state index in [0.29, 0.717) is 11.3 Å². The van der Waals surface area contributed by atoms with Gasteiger partial charge in [-0.25, -0.2) is 8.42 Å². The Labute approximate surface area is 216 Å². The SMILES string of the molecule is CC(=O)NC=CCS(=O)(=O)c1ccc(CNC(=O)c2ccc(C)n(-c3cccc(C(F)(F)F)c3)c2=O)cc1. The van der Waals surface area contributed by atoms with Crippen LogP contribution < -0.4 is 16.2 Å². The molecule has 0 aliphatic heterocycles. The monoisotopic (exact) mass is 547 g/mol. The maximum absolute atomic E-state index is 13.1. The van der Waals surface area contributed by atoms with Gasteiger partial charge in [0.05, 0.1) is 16.2 Å². The highest BCUT2D eigenvalue weighted by Gasteiger charge is 2.30. The average Bonchev–Trinajstić information content (AvgIpc) is 2.85. The van der Waals surface area contributed by atoms with Crippen LogP contribution in [-0.2, 0) is 27.4 Å². The number of nitrogens with zero attached hydrogens (tertiary/aromatic N) is 1. The number of rotatable bonds is 8. The first-order valence-electron chi connectivity index (χ1n) is 11.2. The molecule has 0 bridgehead atoms. The van der Waals surface area contributed by atoms with Crippen LogP contribution in [0.25, 0.3) is 5.69 Å². The summed E-state index contributed by atoms with van der Waals surface area (Å²) in [5, 5.41) is 4.92. The molecule has 2 amide bonds. The molecule has 0 spiro atoms. The predicted octanol–water partition coefficient (Wildman–Crippen LogP) is 3.52. The van der Waals surface area contributed by atoms with Crippen molar-refractivity contribution in [3.8, 4) is 5.69 Å². The Morgan fingerprint density at radius 3 is 2.34 bits per heavy atom. The number of hydrogen-bond donors (Lipinski definition) is 2. The van der Waals surface area contributed by atoms with Crippen molar-refractivity contribution in [1.82, 2.24) is 15.2 Å². The number of carbonyl (C=O) groups excluding carboxylic acids is 2. The number of halogens is 3. The zero-order valence-corrected chi connectivity index (χ0v) is 21.2. The van der Waals surface area contributed by atoms with Crippen LogP contribution in [0.1, 0.15) is 34.1 Å². The van der Waals surface area contributed by atoms with Gasteiger partial charge in [0.15, 0.2) is 9.84 Å². The predicted molar refractivity (Wildman–Crippen MR) is 134 cm³/mol. The van der Waals surface area contributed by atoms with Crippen LogP contribution in [0.4, 0.5) is 13.2 Å². The van der Waals surface area contributed by atoms with Gasteiger partial charge in [-0.05, 0) is 55.0 Å². The fourth-order valence-electron chi connectivity index (χ4n) is 3.48. The Balaban J connectivity index is 1.74. The van der Waals surface area contributed by atoms with Crippen molar-refractivity contribution in [3.05, 3.63) is 106 Å². The zero-order chi connectivity index (χ0) is 28.1. The highest BCUT2D eigenvalue weighted by molar-refractivity contribution is 7.91. The highest BCUT2D eigenvalue weighted by Crippen LogP contribution is 2.30. The fourth-order valence-corrected chi connectivity index (χ4v) is 4.58. The normalized spacial score (nSPS) is 11.9. The van der Waals surface area contributed by atoms with E-state index in [9.17, 15) is 36.0 Å². The van der Waals surface area contributed by atoms with Gasteiger partial charge in [-0.2, -0.15) is 13.2 Å². The topological polar surface area (TPSA) is 114 Å². The van der Waals surface area contributed by atoms with Crippen LogP contribution in [-0.4, -0.2) is 30.6 Å². The Hall–Kier alpha value is -4.19. The fraction of sp³-hybridized carbons (Fsp3) is 0.192. The van der Waals surface area contributed by atoms with Gasteiger partial charge < -0.3 is 10.6 Å². The van der Waals surface area contributed by atoms with Gasteiger partial charge in [-0.1, -0.05) is 24.3 Å². The molecule has 2 N–H and O–H groups in total. The third-order valence-electron chi connectivity index (χ3n) is 5.41. The summed E-state index contributed by atoms with van der Waals surface area (Å²) in [5.41, 5.74) is -1.11. The quantitative estimate of drug-likeness (QED) is 0.448. The lowest BCUT2D eigenvalue weighted by Gasteiger charge is -2.14. The van der Waals surface area contributed by atoms with Crippen LogP contribution >= 0.6 is 0 Å². The van der Waals surface area contributed by atoms with E-state index in [2.05, 4.69) is 10.6 Å². The molecule has 1 heterocycles. The van der Waals surface area contributed by atoms with Crippen molar-refractivity contribution >= 4 is 21.7 Å². The molecule has 0 atom stereocenters. The average molecular weight is 548 g/mol. The van der Waals surface area contributed by atoms with Gasteiger partial charge in [-0.3, -0.25) is 19.0 Å². The number of alkyl halides is 3. The summed E-state index contributed by atoms with van der Waals surface area (Å²) < 4.78 is 65.2. The summed E-state index contributed by atoms with van der Waals surface area (Å²) >= 11 is 0. The first kappa shape index (κ1) is 28.4. The van der Waals surface area contributed by atoms with E-state index in [1.807, 2.05) is 0 Å². The highest BCUT2D eigenvalue weighted by atomic mass is 32.2. The molecule has 3 aromatic rings. The molecule has 0 fully saturated rings. The van der Waals surface area contributed by atoms with Crippen LogP contribution in [0.2, 0.25) is 0 Å². The number of aromatic nitrogens is 1. The Morgan fingerprint density at radius 1 is 1.03 bits per heavy atom. The van der Waals surface area contributed by atoms with Crippen molar-refractivity contribution in [2.24, 2.45) is 0 Å². The maximum atomic E-state index is 13.1. The standard InChI is InChI=1S/C26H24F3N3O5S/c1-17-7-12-23(25(35)32(17)21-6-3-5-20(15-21)26(27,28)29)24(34)31-16-19-8-10-22(11-9-19)38(36,37)14-4-13-30-18(2)33/h3-13,15H,14,16H2,1-2H3,(H,30,33)(H,31,34). The van der Waals surface area contributed by atoms with Crippen LogP contribution in [0.15, 0.2) is 82.6 Å². The van der Waals surface area contributed by atoms with Crippen LogP contribution in [0.5, 0.6) is 0 Å². The van der Waals surface area contributed by atoms with Crippen molar-refractivity contribution in [3.63, 3.8) is 0 Å². The van der Waals surface area contributed by atoms with Crippen molar-refractivity contribution in [2.75, 3.05) is 5.75 Å². The van der Waals surface area contributed by atoms with E-state index >= 15 is 0 Å². The zero-order valence-electron chi connectivity index (χ0n) is 20.4. The molecule has 0 unspecified atom stereocenters. The van der Waals surface area contributed by atoms with Crippen LogP contribution in [0, 0.1) is 6.92 Å². The molecule has 38 heavy (non-hydrogen) atoms. The summed E-state index contributed by atoms with van der Waals surface area (Å²) in [6, 6.07) is 12.7. The lowest BCUT2D eigenvalue weighted by molar-refractivity contribution is -0.137. The van der Waals surface area contributed by atoms with Crippen molar-refractivity contribution in [2.45, 2.75) is 31.5 Å². The summed E-state index contributed by atoms with van der Waals surface area (Å²) in [4.78, 5) is 36.7. The minimum Gasteiger partial charge on any atom is -0.348 e. The smallest absolute Gasteiger partial charge is 0.348 e. The van der Waals surface area contributed by atoms with E-state index in [1.54, 1.807) is 0 Å². The molecule has 2 aromatic carbocycles. The third-order valence-corrected chi connectivity index (χ3v) is 7.03. The maximum Gasteiger partial charge on any atom is 0.416 e. The Morgan fingerprint density at radius 2 is 1.71 bits per heavy atom. The van der Waals surface area contributed by atoms with Crippen molar-refractivity contribution in [1.29, 1.82) is 0 Å². The lowest BCUT2D eigenvalue weighted by atomic mass is 10.1. The van der Waals surface area contributed by atoms with Gasteiger partial charge in [-0.15, -0.1) is 0 Å². The molecule has 3 rings (SSSR count). The third kappa shape index (κ3) is 6.97. The molecule has 0 aliphatic rings. The Kier molecular flexibility index (Phi) is 8.56. The summed E-state index contributed by atoms with van der Waals surface area (Å²) in [6.45, 7) is 2.80. The number of hydrogen-bond acceptors (Lipinski definition) is 5.